The summed E-state index contributed by atoms with van der Waals surface area (Å²) in [5, 5.41) is 13.7. The zero-order chi connectivity index (χ0) is 14.5. The number of hydrogen-bond acceptors (Lipinski definition) is 3. The van der Waals surface area contributed by atoms with Crippen LogP contribution in [-0.2, 0) is 16.0 Å². The molecule has 1 amide bonds. The van der Waals surface area contributed by atoms with Crippen molar-refractivity contribution in [2.24, 2.45) is 5.92 Å². The number of aliphatic carboxylic acids is 1. The van der Waals surface area contributed by atoms with E-state index in [1.165, 1.54) is 10.4 Å². The van der Waals surface area contributed by atoms with E-state index in [0.717, 1.165) is 19.3 Å². The van der Waals surface area contributed by atoms with Gasteiger partial charge in [-0.1, -0.05) is 6.92 Å². The van der Waals surface area contributed by atoms with Crippen molar-refractivity contribution in [3.05, 3.63) is 21.9 Å². The molecule has 2 atom stereocenters. The van der Waals surface area contributed by atoms with Crippen LogP contribution in [-0.4, -0.2) is 23.5 Å². The number of rotatable bonds is 6. The average Bonchev–Trinajstić information content (AvgIpc) is 2.90. The first-order valence-electron chi connectivity index (χ1n) is 7.13. The van der Waals surface area contributed by atoms with Gasteiger partial charge in [0.1, 0.15) is 0 Å². The van der Waals surface area contributed by atoms with Gasteiger partial charge in [0, 0.05) is 17.8 Å². The molecule has 1 aliphatic rings. The average molecular weight is 295 g/mol. The highest BCUT2D eigenvalue weighted by Gasteiger charge is 2.27. The van der Waals surface area contributed by atoms with Crippen molar-refractivity contribution in [1.29, 1.82) is 0 Å². The molecule has 1 aliphatic carbocycles. The lowest BCUT2D eigenvalue weighted by Gasteiger charge is -2.22. The Morgan fingerprint density at radius 1 is 1.55 bits per heavy atom. The maximum Gasteiger partial charge on any atom is 0.303 e. The summed E-state index contributed by atoms with van der Waals surface area (Å²) in [6.07, 6.45) is 3.84. The Kier molecular flexibility index (Phi) is 5.17. The molecule has 1 aromatic rings. The molecule has 0 aliphatic heterocycles. The molecule has 0 saturated carbocycles. The molecule has 0 aromatic carbocycles. The fraction of sp³-hybridized carbons (Fsp3) is 0.600. The van der Waals surface area contributed by atoms with Gasteiger partial charge in [0.05, 0.1) is 5.92 Å². The van der Waals surface area contributed by atoms with Crippen LogP contribution in [0, 0.1) is 5.92 Å². The highest BCUT2D eigenvalue weighted by molar-refractivity contribution is 7.10. The number of thiophene rings is 1. The van der Waals surface area contributed by atoms with Gasteiger partial charge < -0.3 is 10.4 Å². The molecule has 5 heteroatoms. The number of fused-ring (bicyclic) bond motifs is 1. The molecule has 2 unspecified atom stereocenters. The summed E-state index contributed by atoms with van der Waals surface area (Å²) in [6, 6.07) is 2.07. The van der Waals surface area contributed by atoms with E-state index >= 15 is 0 Å². The third-order valence-electron chi connectivity index (χ3n) is 3.84. The lowest BCUT2D eigenvalue weighted by atomic mass is 9.87. The minimum atomic E-state index is -0.779. The predicted octanol–water partition coefficient (Wildman–Crippen LogP) is 2.79. The fourth-order valence-corrected chi connectivity index (χ4v) is 3.62. The second-order valence-corrected chi connectivity index (χ2v) is 6.53. The van der Waals surface area contributed by atoms with E-state index in [2.05, 4.69) is 16.8 Å². The largest absolute Gasteiger partial charge is 0.481 e. The van der Waals surface area contributed by atoms with Crippen LogP contribution >= 0.6 is 11.3 Å². The minimum absolute atomic E-state index is 0.0170. The van der Waals surface area contributed by atoms with Crippen molar-refractivity contribution in [2.45, 2.75) is 44.9 Å². The van der Waals surface area contributed by atoms with Gasteiger partial charge in [0.15, 0.2) is 0 Å². The summed E-state index contributed by atoms with van der Waals surface area (Å²) in [5.41, 5.74) is 1.19. The van der Waals surface area contributed by atoms with Crippen LogP contribution < -0.4 is 5.32 Å². The molecule has 0 spiro atoms. The number of carboxylic acid groups (broad SMARTS) is 1. The normalized spacial score (nSPS) is 19.1. The molecule has 0 bridgehead atoms. The Morgan fingerprint density at radius 2 is 2.35 bits per heavy atom. The van der Waals surface area contributed by atoms with Gasteiger partial charge in [-0.05, 0) is 48.6 Å². The third-order valence-corrected chi connectivity index (χ3v) is 4.84. The Balaban J connectivity index is 1.83. The summed E-state index contributed by atoms with van der Waals surface area (Å²) in [7, 11) is 0. The summed E-state index contributed by atoms with van der Waals surface area (Å²) in [5.74, 6) is -0.512. The molecule has 0 fully saturated rings. The van der Waals surface area contributed by atoms with E-state index in [-0.39, 0.29) is 24.2 Å². The minimum Gasteiger partial charge on any atom is -0.481 e. The van der Waals surface area contributed by atoms with E-state index in [1.54, 1.807) is 11.3 Å². The maximum absolute atomic E-state index is 12.3. The van der Waals surface area contributed by atoms with Crippen LogP contribution in [0.2, 0.25) is 0 Å². The number of carbonyl (C=O) groups is 2. The first kappa shape index (κ1) is 15.0. The SMILES string of the molecule is CC(CCC(=O)O)CNC(=O)C1CCCc2sccc21. The molecule has 110 valence electrons. The number of hydrogen-bond donors (Lipinski definition) is 2. The van der Waals surface area contributed by atoms with Crippen molar-refractivity contribution in [2.75, 3.05) is 6.54 Å². The molecule has 4 nitrogen and oxygen atoms in total. The van der Waals surface area contributed by atoms with Crippen LogP contribution in [0.1, 0.15) is 49.0 Å². The Hall–Kier alpha value is -1.36. The molecule has 0 saturated heterocycles. The second-order valence-electron chi connectivity index (χ2n) is 5.53. The fourth-order valence-electron chi connectivity index (χ4n) is 2.63. The smallest absolute Gasteiger partial charge is 0.303 e. The van der Waals surface area contributed by atoms with E-state index in [1.807, 2.05) is 6.92 Å². The van der Waals surface area contributed by atoms with Crippen molar-refractivity contribution in [3.63, 3.8) is 0 Å². The van der Waals surface area contributed by atoms with Crippen LogP contribution in [0.4, 0.5) is 0 Å². The van der Waals surface area contributed by atoms with Crippen molar-refractivity contribution in [3.8, 4) is 0 Å². The van der Waals surface area contributed by atoms with Gasteiger partial charge in [0.2, 0.25) is 5.91 Å². The lowest BCUT2D eigenvalue weighted by Crippen LogP contribution is -2.34. The lowest BCUT2D eigenvalue weighted by molar-refractivity contribution is -0.137. The molecular formula is C15H21NO3S. The van der Waals surface area contributed by atoms with Crippen LogP contribution in [0.25, 0.3) is 0 Å². The molecule has 0 radical (unpaired) electrons. The Morgan fingerprint density at radius 3 is 3.10 bits per heavy atom. The first-order chi connectivity index (χ1) is 9.58. The zero-order valence-corrected chi connectivity index (χ0v) is 12.5. The third kappa shape index (κ3) is 3.82. The van der Waals surface area contributed by atoms with E-state index in [0.29, 0.717) is 13.0 Å². The number of aryl methyl sites for hydroxylation is 1. The molecule has 2 N–H and O–H groups in total. The van der Waals surface area contributed by atoms with Crippen molar-refractivity contribution >= 4 is 23.2 Å². The number of carboxylic acids is 1. The van der Waals surface area contributed by atoms with Crippen LogP contribution in [0.3, 0.4) is 0 Å². The first-order valence-corrected chi connectivity index (χ1v) is 8.01. The molecule has 20 heavy (non-hydrogen) atoms. The predicted molar refractivity (Wildman–Crippen MR) is 79.0 cm³/mol. The van der Waals surface area contributed by atoms with Crippen molar-refractivity contribution < 1.29 is 14.7 Å². The van der Waals surface area contributed by atoms with Gasteiger partial charge in [0.25, 0.3) is 0 Å². The number of amides is 1. The van der Waals surface area contributed by atoms with E-state index in [4.69, 9.17) is 5.11 Å². The van der Waals surface area contributed by atoms with Gasteiger partial charge >= 0.3 is 5.97 Å². The molecule has 1 heterocycles. The van der Waals surface area contributed by atoms with Gasteiger partial charge in [-0.3, -0.25) is 9.59 Å². The van der Waals surface area contributed by atoms with Gasteiger partial charge in [-0.2, -0.15) is 0 Å². The van der Waals surface area contributed by atoms with Gasteiger partial charge in [-0.15, -0.1) is 11.3 Å². The Bertz CT molecular complexity index is 483. The molecule has 1 aromatic heterocycles. The molecule has 2 rings (SSSR count). The van der Waals surface area contributed by atoms with Crippen LogP contribution in [0.15, 0.2) is 11.4 Å². The summed E-state index contributed by atoms with van der Waals surface area (Å²) in [4.78, 5) is 24.1. The van der Waals surface area contributed by atoms with E-state index < -0.39 is 5.97 Å². The molecular weight excluding hydrogens is 274 g/mol. The van der Waals surface area contributed by atoms with E-state index in [9.17, 15) is 9.59 Å². The Labute approximate surface area is 123 Å². The highest BCUT2D eigenvalue weighted by atomic mass is 32.1. The topological polar surface area (TPSA) is 66.4 Å². The maximum atomic E-state index is 12.3. The van der Waals surface area contributed by atoms with Crippen molar-refractivity contribution in [1.82, 2.24) is 5.32 Å². The zero-order valence-electron chi connectivity index (χ0n) is 11.7. The quantitative estimate of drug-likeness (QED) is 0.848. The summed E-state index contributed by atoms with van der Waals surface area (Å²) in [6.45, 7) is 2.53. The monoisotopic (exact) mass is 295 g/mol. The standard InChI is InChI=1S/C15H21NO3S/c1-10(5-6-14(17)18)9-16-15(19)12-3-2-4-13-11(12)7-8-20-13/h7-8,10,12H,2-6,9H2,1H3,(H,16,19)(H,17,18). The number of carbonyl (C=O) groups excluding carboxylic acids is 1. The summed E-state index contributed by atoms with van der Waals surface area (Å²) >= 11 is 1.74. The van der Waals surface area contributed by atoms with Gasteiger partial charge in [-0.25, -0.2) is 0 Å². The van der Waals surface area contributed by atoms with Crippen LogP contribution in [0.5, 0.6) is 0 Å². The second kappa shape index (κ2) is 6.88. The number of nitrogens with one attached hydrogen (secondary N) is 1. The summed E-state index contributed by atoms with van der Waals surface area (Å²) < 4.78 is 0. The highest BCUT2D eigenvalue weighted by Crippen LogP contribution is 2.34.